The van der Waals surface area contributed by atoms with E-state index < -0.39 is 0 Å². The van der Waals surface area contributed by atoms with Gasteiger partial charge in [-0.1, -0.05) is 60.7 Å². The van der Waals surface area contributed by atoms with Crippen molar-refractivity contribution in [1.29, 1.82) is 0 Å². The number of fused-ring (bicyclic) bond motifs is 6. The van der Waals surface area contributed by atoms with E-state index in [1.165, 1.54) is 10.8 Å². The Morgan fingerprint density at radius 1 is 0.615 bits per heavy atom. The van der Waals surface area contributed by atoms with Crippen molar-refractivity contribution in [3.05, 3.63) is 120 Å². The number of nitrogens with zero attached hydrogens (tertiary/aromatic N) is 4. The number of rotatable bonds is 3. The molecular formula is C33H19BrN4O. The van der Waals surface area contributed by atoms with Crippen molar-refractivity contribution in [3.8, 4) is 28.2 Å². The summed E-state index contributed by atoms with van der Waals surface area (Å²) in [5.74, 6) is 0. The number of benzene rings is 4. The Morgan fingerprint density at radius 3 is 2.18 bits per heavy atom. The van der Waals surface area contributed by atoms with Crippen LogP contribution in [-0.2, 0) is 0 Å². The zero-order valence-electron chi connectivity index (χ0n) is 20.5. The minimum atomic E-state index is 0.511. The second kappa shape index (κ2) is 8.61. The molecule has 0 N–H and O–H groups in total. The summed E-state index contributed by atoms with van der Waals surface area (Å²) in [7, 11) is 0. The van der Waals surface area contributed by atoms with E-state index in [4.69, 9.17) is 14.4 Å². The molecule has 0 unspecified atom stereocenters. The molecule has 4 aromatic carbocycles. The summed E-state index contributed by atoms with van der Waals surface area (Å²) < 4.78 is 9.19. The van der Waals surface area contributed by atoms with E-state index in [0.29, 0.717) is 5.71 Å². The SMILES string of the molecule is Brc1ccc(-c2nc3oc4ccccc4c3nc2-c2ccc3c4ccccc4n(-c4ccccc4)c3c2)cn1. The van der Waals surface area contributed by atoms with Crippen LogP contribution < -0.4 is 0 Å². The maximum atomic E-state index is 6.11. The zero-order chi connectivity index (χ0) is 25.9. The van der Waals surface area contributed by atoms with Crippen molar-refractivity contribution in [1.82, 2.24) is 19.5 Å². The number of aromatic nitrogens is 4. The first kappa shape index (κ1) is 22.2. The maximum Gasteiger partial charge on any atom is 0.246 e. The molecule has 8 rings (SSSR count). The lowest BCUT2D eigenvalue weighted by Gasteiger charge is -2.11. The normalized spacial score (nSPS) is 11.7. The van der Waals surface area contributed by atoms with Crippen molar-refractivity contribution in [2.45, 2.75) is 0 Å². The molecule has 0 saturated heterocycles. The average Bonchev–Trinajstić information content (AvgIpc) is 3.52. The van der Waals surface area contributed by atoms with E-state index in [0.717, 1.165) is 60.3 Å². The molecule has 0 aliphatic carbocycles. The fourth-order valence-electron chi connectivity index (χ4n) is 5.41. The Kier molecular flexibility index (Phi) is 4.90. The van der Waals surface area contributed by atoms with Gasteiger partial charge in [-0.3, -0.25) is 0 Å². The number of hydrogen-bond donors (Lipinski definition) is 0. The molecule has 0 spiro atoms. The topological polar surface area (TPSA) is 56.7 Å². The Hall–Kier alpha value is -4.81. The number of halogens is 1. The molecule has 5 nitrogen and oxygen atoms in total. The summed E-state index contributed by atoms with van der Waals surface area (Å²) in [5.41, 5.74) is 8.76. The van der Waals surface area contributed by atoms with Crippen LogP contribution in [0.25, 0.3) is 72.2 Å². The lowest BCUT2D eigenvalue weighted by atomic mass is 10.0. The van der Waals surface area contributed by atoms with Crippen LogP contribution >= 0.6 is 15.9 Å². The van der Waals surface area contributed by atoms with Gasteiger partial charge in [-0.2, -0.15) is 0 Å². The standard InChI is InChI=1S/C33H19BrN4O/c34-29-17-15-21(19-35-29)31-30(36-32-25-11-5-7-13-28(25)39-33(32)37-31)20-14-16-24-23-10-4-6-12-26(23)38(27(24)18-20)22-8-2-1-3-9-22/h1-19H. The van der Waals surface area contributed by atoms with E-state index >= 15 is 0 Å². The second-order valence-electron chi connectivity index (χ2n) is 9.46. The first-order valence-corrected chi connectivity index (χ1v) is 13.4. The highest BCUT2D eigenvalue weighted by Crippen LogP contribution is 2.38. The van der Waals surface area contributed by atoms with E-state index in [1.807, 2.05) is 48.7 Å². The Balaban J connectivity index is 1.46. The summed E-state index contributed by atoms with van der Waals surface area (Å²) >= 11 is 3.45. The van der Waals surface area contributed by atoms with Crippen LogP contribution in [0, 0.1) is 0 Å². The van der Waals surface area contributed by atoms with Crippen LogP contribution in [0.2, 0.25) is 0 Å². The molecule has 4 heterocycles. The van der Waals surface area contributed by atoms with E-state index in [1.54, 1.807) is 0 Å². The summed E-state index contributed by atoms with van der Waals surface area (Å²) in [6.45, 7) is 0. The van der Waals surface area contributed by atoms with Crippen LogP contribution in [-0.4, -0.2) is 19.5 Å². The molecular weight excluding hydrogens is 548 g/mol. The monoisotopic (exact) mass is 566 g/mol. The van der Waals surface area contributed by atoms with Gasteiger partial charge in [0.05, 0.1) is 16.7 Å². The summed E-state index contributed by atoms with van der Waals surface area (Å²) in [4.78, 5) is 14.7. The second-order valence-corrected chi connectivity index (χ2v) is 10.3. The lowest BCUT2D eigenvalue weighted by molar-refractivity contribution is 0.653. The fraction of sp³-hybridized carbons (Fsp3) is 0. The van der Waals surface area contributed by atoms with Gasteiger partial charge in [0.15, 0.2) is 0 Å². The Morgan fingerprint density at radius 2 is 1.33 bits per heavy atom. The highest BCUT2D eigenvalue weighted by molar-refractivity contribution is 9.10. The van der Waals surface area contributed by atoms with E-state index in [-0.39, 0.29) is 0 Å². The van der Waals surface area contributed by atoms with E-state index in [9.17, 15) is 0 Å². The minimum absolute atomic E-state index is 0.511. The molecule has 184 valence electrons. The largest absolute Gasteiger partial charge is 0.436 e. The predicted octanol–water partition coefficient (Wildman–Crippen LogP) is 8.96. The summed E-state index contributed by atoms with van der Waals surface area (Å²) in [6, 6.07) is 37.4. The summed E-state index contributed by atoms with van der Waals surface area (Å²) in [6.07, 6.45) is 1.81. The molecule has 0 atom stereocenters. The van der Waals surface area contributed by atoms with Gasteiger partial charge in [-0.15, -0.1) is 0 Å². The van der Waals surface area contributed by atoms with Crippen LogP contribution in [0.5, 0.6) is 0 Å². The quantitative estimate of drug-likeness (QED) is 0.200. The smallest absolute Gasteiger partial charge is 0.246 e. The van der Waals surface area contributed by atoms with E-state index in [2.05, 4.69) is 92.2 Å². The van der Waals surface area contributed by atoms with Crippen molar-refractivity contribution in [2.24, 2.45) is 0 Å². The molecule has 0 fully saturated rings. The maximum absolute atomic E-state index is 6.11. The number of furan rings is 1. The molecule has 39 heavy (non-hydrogen) atoms. The van der Waals surface area contributed by atoms with Crippen molar-refractivity contribution >= 4 is 59.9 Å². The predicted molar refractivity (Wildman–Crippen MR) is 160 cm³/mol. The van der Waals surface area contributed by atoms with Gasteiger partial charge in [0.1, 0.15) is 21.4 Å². The molecule has 8 aromatic rings. The third-order valence-electron chi connectivity index (χ3n) is 7.18. The van der Waals surface area contributed by atoms with Crippen molar-refractivity contribution in [3.63, 3.8) is 0 Å². The molecule has 6 heteroatoms. The lowest BCUT2D eigenvalue weighted by Crippen LogP contribution is -1.96. The third kappa shape index (κ3) is 3.49. The molecule has 4 aromatic heterocycles. The van der Waals surface area contributed by atoms with Crippen molar-refractivity contribution in [2.75, 3.05) is 0 Å². The number of pyridine rings is 1. The number of hydrogen-bond acceptors (Lipinski definition) is 4. The molecule has 0 amide bonds. The van der Waals surface area contributed by atoms with Crippen LogP contribution in [0.15, 0.2) is 124 Å². The van der Waals surface area contributed by atoms with Gasteiger partial charge in [-0.25, -0.2) is 15.0 Å². The molecule has 0 aliphatic rings. The molecule has 0 radical (unpaired) electrons. The zero-order valence-corrected chi connectivity index (χ0v) is 22.1. The average molecular weight is 567 g/mol. The van der Waals surface area contributed by atoms with Gasteiger partial charge in [0.2, 0.25) is 5.71 Å². The van der Waals surface area contributed by atoms with Gasteiger partial charge in [0.25, 0.3) is 0 Å². The van der Waals surface area contributed by atoms with Gasteiger partial charge in [-0.05, 0) is 64.5 Å². The third-order valence-corrected chi connectivity index (χ3v) is 7.64. The Bertz CT molecular complexity index is 2180. The van der Waals surface area contributed by atoms with Crippen LogP contribution in [0.1, 0.15) is 0 Å². The van der Waals surface area contributed by atoms with Crippen LogP contribution in [0.4, 0.5) is 0 Å². The van der Waals surface area contributed by atoms with Crippen LogP contribution in [0.3, 0.4) is 0 Å². The van der Waals surface area contributed by atoms with Crippen molar-refractivity contribution < 1.29 is 4.42 Å². The highest BCUT2D eigenvalue weighted by Gasteiger charge is 2.20. The molecule has 0 bridgehead atoms. The molecule has 0 saturated carbocycles. The first-order valence-electron chi connectivity index (χ1n) is 12.6. The number of para-hydroxylation sites is 3. The summed E-state index contributed by atoms with van der Waals surface area (Å²) in [5, 5.41) is 3.34. The minimum Gasteiger partial charge on any atom is -0.436 e. The fourth-order valence-corrected chi connectivity index (χ4v) is 5.65. The highest BCUT2D eigenvalue weighted by atomic mass is 79.9. The van der Waals surface area contributed by atoms with Gasteiger partial charge in [0, 0.05) is 39.2 Å². The first-order chi connectivity index (χ1) is 19.2. The van der Waals surface area contributed by atoms with Gasteiger partial charge >= 0.3 is 0 Å². The van der Waals surface area contributed by atoms with Gasteiger partial charge < -0.3 is 8.98 Å². The Labute approximate surface area is 231 Å². The molecule has 0 aliphatic heterocycles.